The molecule has 23 heavy (non-hydrogen) atoms. The minimum atomic E-state index is -0.204. The second kappa shape index (κ2) is 6.47. The molecule has 2 aromatic heterocycles. The van der Waals surface area contributed by atoms with Crippen molar-refractivity contribution in [2.24, 2.45) is 7.05 Å². The van der Waals surface area contributed by atoms with Crippen LogP contribution >= 0.6 is 11.3 Å². The van der Waals surface area contributed by atoms with Gasteiger partial charge >= 0.3 is 0 Å². The van der Waals surface area contributed by atoms with Gasteiger partial charge in [-0.2, -0.15) is 0 Å². The molecule has 7 heteroatoms. The largest absolute Gasteiger partial charge is 0.349 e. The molecule has 0 radical (unpaired) electrons. The van der Waals surface area contributed by atoms with Crippen LogP contribution in [-0.2, 0) is 7.05 Å². The molecule has 0 unspecified atom stereocenters. The van der Waals surface area contributed by atoms with Crippen molar-refractivity contribution in [1.29, 1.82) is 0 Å². The van der Waals surface area contributed by atoms with Crippen LogP contribution in [0, 0.1) is 0 Å². The molecule has 1 aromatic carbocycles. The van der Waals surface area contributed by atoms with Gasteiger partial charge in [-0.3, -0.25) is 9.48 Å². The SMILES string of the molecule is CN(C)[C@@H](CNC(=O)c1cn(C)nn1)c1csc2ccccc12. The summed E-state index contributed by atoms with van der Waals surface area (Å²) < 4.78 is 2.78. The molecule has 0 spiro atoms. The van der Waals surface area contributed by atoms with Crippen molar-refractivity contribution >= 4 is 27.3 Å². The number of hydrogen-bond acceptors (Lipinski definition) is 5. The van der Waals surface area contributed by atoms with Gasteiger partial charge in [0.2, 0.25) is 0 Å². The normalized spacial score (nSPS) is 12.7. The number of amides is 1. The lowest BCUT2D eigenvalue weighted by Crippen LogP contribution is -2.34. The van der Waals surface area contributed by atoms with E-state index < -0.39 is 0 Å². The molecule has 2 heterocycles. The number of hydrogen-bond donors (Lipinski definition) is 1. The van der Waals surface area contributed by atoms with E-state index in [9.17, 15) is 4.79 Å². The number of fused-ring (bicyclic) bond motifs is 1. The number of thiophene rings is 1. The second-order valence-corrected chi connectivity index (χ2v) is 6.57. The molecule has 3 aromatic rings. The molecular formula is C16H19N5OS. The summed E-state index contributed by atoms with van der Waals surface area (Å²) in [6, 6.07) is 8.44. The number of aryl methyl sites for hydroxylation is 1. The first kappa shape index (κ1) is 15.6. The lowest BCUT2D eigenvalue weighted by Gasteiger charge is -2.24. The zero-order chi connectivity index (χ0) is 16.4. The summed E-state index contributed by atoms with van der Waals surface area (Å²) in [5.74, 6) is -0.204. The van der Waals surface area contributed by atoms with Crippen LogP contribution in [0.2, 0.25) is 0 Å². The Balaban J connectivity index is 1.78. The Kier molecular flexibility index (Phi) is 4.40. The Labute approximate surface area is 138 Å². The Morgan fingerprint density at radius 3 is 2.87 bits per heavy atom. The van der Waals surface area contributed by atoms with Gasteiger partial charge in [0.1, 0.15) is 0 Å². The number of carbonyl (C=O) groups excluding carboxylic acids is 1. The molecule has 0 bridgehead atoms. The van der Waals surface area contributed by atoms with Crippen LogP contribution in [0.15, 0.2) is 35.8 Å². The van der Waals surface area contributed by atoms with Crippen molar-refractivity contribution in [1.82, 2.24) is 25.2 Å². The lowest BCUT2D eigenvalue weighted by atomic mass is 10.0. The average Bonchev–Trinajstić information content (AvgIpc) is 3.14. The molecule has 0 aliphatic heterocycles. The number of aromatic nitrogens is 3. The molecule has 120 valence electrons. The minimum Gasteiger partial charge on any atom is -0.349 e. The van der Waals surface area contributed by atoms with E-state index in [0.717, 1.165) is 0 Å². The highest BCUT2D eigenvalue weighted by Crippen LogP contribution is 2.31. The molecule has 1 amide bonds. The van der Waals surface area contributed by atoms with Crippen molar-refractivity contribution in [3.8, 4) is 0 Å². The maximum Gasteiger partial charge on any atom is 0.273 e. The van der Waals surface area contributed by atoms with E-state index in [0.29, 0.717) is 12.2 Å². The maximum atomic E-state index is 12.2. The predicted molar refractivity (Wildman–Crippen MR) is 91.6 cm³/mol. The zero-order valence-electron chi connectivity index (χ0n) is 13.4. The summed E-state index contributed by atoms with van der Waals surface area (Å²) in [4.78, 5) is 14.3. The van der Waals surface area contributed by atoms with E-state index >= 15 is 0 Å². The number of benzene rings is 1. The standard InChI is InChI=1S/C16H19N5OS/c1-20(2)14(8-17-16(22)13-9-21(3)19-18-13)12-10-23-15-7-5-4-6-11(12)15/h4-7,9-10,14H,8H2,1-3H3,(H,17,22)/t14-/m0/s1. The van der Waals surface area contributed by atoms with E-state index in [-0.39, 0.29) is 11.9 Å². The first-order chi connectivity index (χ1) is 11.1. The van der Waals surface area contributed by atoms with Crippen LogP contribution in [0.4, 0.5) is 0 Å². The van der Waals surface area contributed by atoms with Crippen molar-refractivity contribution in [2.75, 3.05) is 20.6 Å². The molecule has 0 fully saturated rings. The number of likely N-dealkylation sites (N-methyl/N-ethyl adjacent to an activating group) is 1. The van der Waals surface area contributed by atoms with Crippen LogP contribution in [-0.4, -0.2) is 46.4 Å². The third-order valence-electron chi connectivity index (χ3n) is 3.78. The topological polar surface area (TPSA) is 63.1 Å². The lowest BCUT2D eigenvalue weighted by molar-refractivity contribution is 0.0937. The van der Waals surface area contributed by atoms with E-state index in [1.807, 2.05) is 26.2 Å². The minimum absolute atomic E-state index is 0.103. The van der Waals surface area contributed by atoms with Crippen LogP contribution in [0.5, 0.6) is 0 Å². The molecule has 1 atom stereocenters. The van der Waals surface area contributed by atoms with Gasteiger partial charge in [-0.25, -0.2) is 0 Å². The maximum absolute atomic E-state index is 12.2. The average molecular weight is 329 g/mol. The predicted octanol–water partition coefficient (Wildman–Crippen LogP) is 2.06. The molecule has 0 saturated heterocycles. The summed E-state index contributed by atoms with van der Waals surface area (Å²) in [5.41, 5.74) is 1.57. The first-order valence-corrected chi connectivity index (χ1v) is 8.21. The fraction of sp³-hybridized carbons (Fsp3) is 0.312. The second-order valence-electron chi connectivity index (χ2n) is 5.65. The van der Waals surface area contributed by atoms with Crippen LogP contribution in [0.3, 0.4) is 0 Å². The third kappa shape index (κ3) is 3.25. The summed E-state index contributed by atoms with van der Waals surface area (Å²) in [5, 5.41) is 14.0. The van der Waals surface area contributed by atoms with E-state index in [1.54, 1.807) is 24.6 Å². The van der Waals surface area contributed by atoms with Crippen LogP contribution < -0.4 is 5.32 Å². The fourth-order valence-corrected chi connectivity index (χ4v) is 3.57. The highest BCUT2D eigenvalue weighted by atomic mass is 32.1. The van der Waals surface area contributed by atoms with Gasteiger partial charge in [-0.15, -0.1) is 16.4 Å². The molecule has 3 rings (SSSR count). The molecule has 1 N–H and O–H groups in total. The van der Waals surface area contributed by atoms with Gasteiger partial charge in [-0.05, 0) is 36.5 Å². The van der Waals surface area contributed by atoms with Crippen molar-refractivity contribution < 1.29 is 4.79 Å². The molecule has 0 aliphatic carbocycles. The summed E-state index contributed by atoms with van der Waals surface area (Å²) in [6.07, 6.45) is 1.61. The Hall–Kier alpha value is -2.25. The third-order valence-corrected chi connectivity index (χ3v) is 4.77. The van der Waals surface area contributed by atoms with E-state index in [1.165, 1.54) is 20.3 Å². The van der Waals surface area contributed by atoms with Crippen molar-refractivity contribution in [3.63, 3.8) is 0 Å². The monoisotopic (exact) mass is 329 g/mol. The number of nitrogens with zero attached hydrogens (tertiary/aromatic N) is 4. The molecule has 0 saturated carbocycles. The van der Waals surface area contributed by atoms with Gasteiger partial charge < -0.3 is 10.2 Å². The summed E-state index contributed by atoms with van der Waals surface area (Å²) in [6.45, 7) is 0.517. The molecular weight excluding hydrogens is 310 g/mol. The quantitative estimate of drug-likeness (QED) is 0.778. The van der Waals surface area contributed by atoms with Gasteiger partial charge in [-0.1, -0.05) is 23.4 Å². The van der Waals surface area contributed by atoms with E-state index in [2.05, 4.69) is 38.0 Å². The van der Waals surface area contributed by atoms with Crippen molar-refractivity contribution in [2.45, 2.75) is 6.04 Å². The van der Waals surface area contributed by atoms with Gasteiger partial charge in [0, 0.05) is 18.3 Å². The Bertz CT molecular complexity index is 823. The highest BCUT2D eigenvalue weighted by molar-refractivity contribution is 7.17. The molecule has 0 aliphatic rings. The molecule has 6 nitrogen and oxygen atoms in total. The number of carbonyl (C=O) groups is 1. The van der Waals surface area contributed by atoms with Crippen LogP contribution in [0.25, 0.3) is 10.1 Å². The Morgan fingerprint density at radius 2 is 2.17 bits per heavy atom. The summed E-state index contributed by atoms with van der Waals surface area (Å²) in [7, 11) is 5.78. The Morgan fingerprint density at radius 1 is 1.39 bits per heavy atom. The smallest absolute Gasteiger partial charge is 0.273 e. The fourth-order valence-electron chi connectivity index (χ4n) is 2.56. The van der Waals surface area contributed by atoms with E-state index in [4.69, 9.17) is 0 Å². The zero-order valence-corrected chi connectivity index (χ0v) is 14.2. The summed E-state index contributed by atoms with van der Waals surface area (Å²) >= 11 is 1.73. The first-order valence-electron chi connectivity index (χ1n) is 7.33. The number of rotatable bonds is 5. The highest BCUT2D eigenvalue weighted by Gasteiger charge is 2.20. The number of nitrogens with one attached hydrogen (secondary N) is 1. The van der Waals surface area contributed by atoms with Gasteiger partial charge in [0.25, 0.3) is 5.91 Å². The van der Waals surface area contributed by atoms with Crippen LogP contribution in [0.1, 0.15) is 22.1 Å². The van der Waals surface area contributed by atoms with Crippen molar-refractivity contribution in [3.05, 3.63) is 47.1 Å². The van der Waals surface area contributed by atoms with Gasteiger partial charge in [0.05, 0.1) is 12.2 Å². The van der Waals surface area contributed by atoms with Gasteiger partial charge in [0.15, 0.2) is 5.69 Å².